The SMILES string of the molecule is CCN(CC)Cc1ccc(CN)cc1O. The van der Waals surface area contributed by atoms with Crippen molar-refractivity contribution in [2.24, 2.45) is 5.73 Å². The van der Waals surface area contributed by atoms with Crippen molar-refractivity contribution >= 4 is 0 Å². The molecule has 0 aliphatic heterocycles. The average molecular weight is 208 g/mol. The minimum atomic E-state index is 0.352. The third kappa shape index (κ3) is 3.22. The van der Waals surface area contributed by atoms with Crippen LogP contribution in [0.1, 0.15) is 25.0 Å². The number of phenolic OH excluding ortho intramolecular Hbond substituents is 1. The molecular weight excluding hydrogens is 188 g/mol. The maximum absolute atomic E-state index is 9.78. The van der Waals surface area contributed by atoms with Crippen LogP contribution in [-0.2, 0) is 13.1 Å². The van der Waals surface area contributed by atoms with Gasteiger partial charge in [-0.2, -0.15) is 0 Å². The Hall–Kier alpha value is -1.06. The van der Waals surface area contributed by atoms with E-state index < -0.39 is 0 Å². The van der Waals surface area contributed by atoms with E-state index in [1.54, 1.807) is 6.07 Å². The van der Waals surface area contributed by atoms with E-state index in [0.29, 0.717) is 12.3 Å². The molecule has 0 bridgehead atoms. The highest BCUT2D eigenvalue weighted by Gasteiger charge is 2.06. The Morgan fingerprint density at radius 3 is 2.40 bits per heavy atom. The van der Waals surface area contributed by atoms with E-state index in [1.807, 2.05) is 12.1 Å². The summed E-state index contributed by atoms with van der Waals surface area (Å²) >= 11 is 0. The predicted molar refractivity (Wildman–Crippen MR) is 62.6 cm³/mol. The Bertz CT molecular complexity index is 308. The zero-order valence-corrected chi connectivity index (χ0v) is 9.53. The first-order valence-electron chi connectivity index (χ1n) is 5.44. The highest BCUT2D eigenvalue weighted by Crippen LogP contribution is 2.20. The lowest BCUT2D eigenvalue weighted by Crippen LogP contribution is -2.22. The Morgan fingerprint density at radius 1 is 1.27 bits per heavy atom. The van der Waals surface area contributed by atoms with Crippen LogP contribution < -0.4 is 5.73 Å². The predicted octanol–water partition coefficient (Wildman–Crippen LogP) is 1.69. The maximum Gasteiger partial charge on any atom is 0.120 e. The van der Waals surface area contributed by atoms with Crippen molar-refractivity contribution in [1.82, 2.24) is 4.90 Å². The van der Waals surface area contributed by atoms with Crippen molar-refractivity contribution in [2.75, 3.05) is 13.1 Å². The molecule has 0 aliphatic carbocycles. The van der Waals surface area contributed by atoms with Crippen LogP contribution in [0.2, 0.25) is 0 Å². The van der Waals surface area contributed by atoms with Gasteiger partial charge in [0, 0.05) is 18.7 Å². The van der Waals surface area contributed by atoms with Gasteiger partial charge < -0.3 is 10.8 Å². The molecule has 1 rings (SSSR count). The molecule has 0 atom stereocenters. The molecule has 0 aromatic heterocycles. The zero-order valence-electron chi connectivity index (χ0n) is 9.53. The fraction of sp³-hybridized carbons (Fsp3) is 0.500. The second kappa shape index (κ2) is 5.73. The molecule has 0 saturated carbocycles. The lowest BCUT2D eigenvalue weighted by atomic mass is 10.1. The molecule has 0 heterocycles. The standard InChI is InChI=1S/C12H20N2O/c1-3-14(4-2)9-11-6-5-10(8-13)7-12(11)15/h5-7,15H,3-4,8-9,13H2,1-2H3. The van der Waals surface area contributed by atoms with Crippen molar-refractivity contribution in [1.29, 1.82) is 0 Å². The van der Waals surface area contributed by atoms with Crippen molar-refractivity contribution < 1.29 is 5.11 Å². The van der Waals surface area contributed by atoms with Crippen LogP contribution in [0, 0.1) is 0 Å². The Kier molecular flexibility index (Phi) is 4.59. The summed E-state index contributed by atoms with van der Waals surface area (Å²) in [6, 6.07) is 5.67. The van der Waals surface area contributed by atoms with Crippen LogP contribution >= 0.6 is 0 Å². The Balaban J connectivity index is 2.77. The quantitative estimate of drug-likeness (QED) is 0.774. The molecular formula is C12H20N2O. The van der Waals surface area contributed by atoms with Crippen molar-refractivity contribution in [3.05, 3.63) is 29.3 Å². The van der Waals surface area contributed by atoms with Gasteiger partial charge >= 0.3 is 0 Å². The van der Waals surface area contributed by atoms with Gasteiger partial charge in [-0.05, 0) is 24.7 Å². The number of phenols is 1. The Morgan fingerprint density at radius 2 is 1.93 bits per heavy atom. The van der Waals surface area contributed by atoms with E-state index in [2.05, 4.69) is 18.7 Å². The van der Waals surface area contributed by atoms with Crippen LogP contribution in [0.4, 0.5) is 0 Å². The number of benzene rings is 1. The lowest BCUT2D eigenvalue weighted by Gasteiger charge is -2.18. The summed E-state index contributed by atoms with van der Waals surface area (Å²) in [7, 11) is 0. The lowest BCUT2D eigenvalue weighted by molar-refractivity contribution is 0.291. The van der Waals surface area contributed by atoms with Gasteiger partial charge in [-0.1, -0.05) is 26.0 Å². The van der Waals surface area contributed by atoms with Crippen LogP contribution in [-0.4, -0.2) is 23.1 Å². The first-order valence-corrected chi connectivity index (χ1v) is 5.44. The highest BCUT2D eigenvalue weighted by molar-refractivity contribution is 5.36. The molecule has 0 radical (unpaired) electrons. The van der Waals surface area contributed by atoms with E-state index >= 15 is 0 Å². The summed E-state index contributed by atoms with van der Waals surface area (Å²) in [5.74, 6) is 0.352. The minimum absolute atomic E-state index is 0.352. The van der Waals surface area contributed by atoms with E-state index in [0.717, 1.165) is 30.8 Å². The summed E-state index contributed by atoms with van der Waals surface area (Å²) in [5, 5.41) is 9.78. The highest BCUT2D eigenvalue weighted by atomic mass is 16.3. The van der Waals surface area contributed by atoms with Gasteiger partial charge in [0.2, 0.25) is 0 Å². The molecule has 3 nitrogen and oxygen atoms in total. The average Bonchev–Trinajstić information content (AvgIpc) is 2.27. The normalized spacial score (nSPS) is 10.9. The molecule has 0 spiro atoms. The molecule has 1 aromatic carbocycles. The van der Waals surface area contributed by atoms with Gasteiger partial charge in [0.15, 0.2) is 0 Å². The molecule has 15 heavy (non-hydrogen) atoms. The number of nitrogens with zero attached hydrogens (tertiary/aromatic N) is 1. The summed E-state index contributed by atoms with van der Waals surface area (Å²) in [5.41, 5.74) is 7.44. The van der Waals surface area contributed by atoms with E-state index in [9.17, 15) is 5.11 Å². The number of hydrogen-bond donors (Lipinski definition) is 2. The van der Waals surface area contributed by atoms with Crippen LogP contribution in [0.5, 0.6) is 5.75 Å². The molecule has 0 amide bonds. The van der Waals surface area contributed by atoms with E-state index in [1.165, 1.54) is 0 Å². The third-order valence-corrected chi connectivity index (χ3v) is 2.67. The largest absolute Gasteiger partial charge is 0.508 e. The Labute approximate surface area is 91.5 Å². The number of nitrogens with two attached hydrogens (primary N) is 1. The summed E-state index contributed by atoms with van der Waals surface area (Å²) < 4.78 is 0. The monoisotopic (exact) mass is 208 g/mol. The van der Waals surface area contributed by atoms with Crippen molar-refractivity contribution in [2.45, 2.75) is 26.9 Å². The van der Waals surface area contributed by atoms with E-state index in [4.69, 9.17) is 5.73 Å². The second-order valence-corrected chi connectivity index (χ2v) is 3.63. The third-order valence-electron chi connectivity index (χ3n) is 2.67. The van der Waals surface area contributed by atoms with Gasteiger partial charge in [0.25, 0.3) is 0 Å². The number of hydrogen-bond acceptors (Lipinski definition) is 3. The van der Waals surface area contributed by atoms with Gasteiger partial charge in [-0.25, -0.2) is 0 Å². The molecule has 1 aromatic rings. The molecule has 84 valence electrons. The molecule has 0 aliphatic rings. The maximum atomic E-state index is 9.78. The molecule has 3 N–H and O–H groups in total. The van der Waals surface area contributed by atoms with Crippen molar-refractivity contribution in [3.63, 3.8) is 0 Å². The molecule has 3 heteroatoms. The zero-order chi connectivity index (χ0) is 11.3. The van der Waals surface area contributed by atoms with E-state index in [-0.39, 0.29) is 0 Å². The minimum Gasteiger partial charge on any atom is -0.508 e. The van der Waals surface area contributed by atoms with Crippen LogP contribution in [0.15, 0.2) is 18.2 Å². The molecule has 0 unspecified atom stereocenters. The smallest absolute Gasteiger partial charge is 0.120 e. The van der Waals surface area contributed by atoms with Gasteiger partial charge in [0.05, 0.1) is 0 Å². The van der Waals surface area contributed by atoms with Gasteiger partial charge in [-0.3, -0.25) is 4.90 Å². The first-order chi connectivity index (χ1) is 7.21. The van der Waals surface area contributed by atoms with Crippen LogP contribution in [0.3, 0.4) is 0 Å². The fourth-order valence-electron chi connectivity index (χ4n) is 1.56. The summed E-state index contributed by atoms with van der Waals surface area (Å²) in [6.45, 7) is 7.50. The van der Waals surface area contributed by atoms with Gasteiger partial charge in [0.1, 0.15) is 5.75 Å². The first kappa shape index (κ1) is 12.0. The van der Waals surface area contributed by atoms with Crippen LogP contribution in [0.25, 0.3) is 0 Å². The summed E-state index contributed by atoms with van der Waals surface area (Å²) in [4.78, 5) is 2.26. The summed E-state index contributed by atoms with van der Waals surface area (Å²) in [6.07, 6.45) is 0. The van der Waals surface area contributed by atoms with Crippen molar-refractivity contribution in [3.8, 4) is 5.75 Å². The number of rotatable bonds is 5. The van der Waals surface area contributed by atoms with Gasteiger partial charge in [-0.15, -0.1) is 0 Å². The second-order valence-electron chi connectivity index (χ2n) is 3.63. The topological polar surface area (TPSA) is 49.5 Å². The molecule has 0 fully saturated rings. The number of aromatic hydroxyl groups is 1. The fourth-order valence-corrected chi connectivity index (χ4v) is 1.56. The molecule has 0 saturated heterocycles.